The second-order valence-electron chi connectivity index (χ2n) is 5.22. The van der Waals surface area contributed by atoms with Gasteiger partial charge in [-0.15, -0.1) is 0 Å². The molecule has 0 bridgehead atoms. The molecule has 6 nitrogen and oxygen atoms in total. The Morgan fingerprint density at radius 3 is 2.95 bits per heavy atom. The minimum atomic E-state index is -0.166. The largest absolute Gasteiger partial charge is 0.477 e. The number of benzene rings is 1. The van der Waals surface area contributed by atoms with Crippen LogP contribution in [0.5, 0.6) is 5.88 Å². The molecule has 22 heavy (non-hydrogen) atoms. The van der Waals surface area contributed by atoms with Crippen LogP contribution in [0.3, 0.4) is 0 Å². The number of hydrogen-bond acceptors (Lipinski definition) is 4. The molecule has 1 amide bonds. The van der Waals surface area contributed by atoms with E-state index in [4.69, 9.17) is 4.74 Å². The van der Waals surface area contributed by atoms with Crippen molar-refractivity contribution in [3.05, 3.63) is 47.7 Å². The van der Waals surface area contributed by atoms with Gasteiger partial charge in [-0.05, 0) is 5.56 Å². The van der Waals surface area contributed by atoms with Crippen molar-refractivity contribution >= 4 is 5.91 Å². The molecular weight excluding hydrogens is 282 g/mol. The van der Waals surface area contributed by atoms with Gasteiger partial charge in [0.2, 0.25) is 5.88 Å². The summed E-state index contributed by atoms with van der Waals surface area (Å²) < 4.78 is 7.30. The smallest absolute Gasteiger partial charge is 0.261 e. The van der Waals surface area contributed by atoms with Crippen LogP contribution in [0.4, 0.5) is 0 Å². The van der Waals surface area contributed by atoms with E-state index < -0.39 is 0 Å². The lowest BCUT2D eigenvalue weighted by atomic mass is 10.2. The van der Waals surface area contributed by atoms with Crippen molar-refractivity contribution < 1.29 is 14.6 Å². The third-order valence-corrected chi connectivity index (χ3v) is 3.65. The van der Waals surface area contributed by atoms with E-state index in [-0.39, 0.29) is 19.1 Å². The fourth-order valence-corrected chi connectivity index (χ4v) is 2.56. The van der Waals surface area contributed by atoms with E-state index >= 15 is 0 Å². The number of nitrogens with zero attached hydrogens (tertiary/aromatic N) is 3. The summed E-state index contributed by atoms with van der Waals surface area (Å²) in [5, 5.41) is 13.5. The Balaban J connectivity index is 1.82. The summed E-state index contributed by atoms with van der Waals surface area (Å²) in [6.45, 7) is 2.01. The summed E-state index contributed by atoms with van der Waals surface area (Å²) in [6.07, 6.45) is 2.45. The van der Waals surface area contributed by atoms with Gasteiger partial charge in [-0.3, -0.25) is 4.79 Å². The summed E-state index contributed by atoms with van der Waals surface area (Å²) in [5.74, 6) is 0.369. The highest BCUT2D eigenvalue weighted by atomic mass is 16.5. The maximum atomic E-state index is 12.8. The summed E-state index contributed by atoms with van der Waals surface area (Å²) in [6, 6.07) is 9.72. The van der Waals surface area contributed by atoms with Crippen LogP contribution in [0, 0.1) is 0 Å². The van der Waals surface area contributed by atoms with Crippen LogP contribution < -0.4 is 4.74 Å². The Labute approximate surface area is 128 Å². The lowest BCUT2D eigenvalue weighted by Gasteiger charge is -2.23. The summed E-state index contributed by atoms with van der Waals surface area (Å²) in [4.78, 5) is 14.4. The normalized spacial score (nSPS) is 13.3. The van der Waals surface area contributed by atoms with E-state index in [1.165, 1.54) is 0 Å². The second kappa shape index (κ2) is 6.62. The van der Waals surface area contributed by atoms with Gasteiger partial charge >= 0.3 is 0 Å². The molecule has 116 valence electrons. The predicted molar refractivity (Wildman–Crippen MR) is 80.6 cm³/mol. The quantitative estimate of drug-likeness (QED) is 0.904. The molecule has 6 heteroatoms. The molecule has 1 N–H and O–H groups in total. The first-order valence-electron chi connectivity index (χ1n) is 7.42. The Morgan fingerprint density at radius 2 is 2.18 bits per heavy atom. The molecule has 0 atom stereocenters. The van der Waals surface area contributed by atoms with Crippen molar-refractivity contribution in [1.82, 2.24) is 14.7 Å². The zero-order valence-electron chi connectivity index (χ0n) is 12.3. The number of hydrogen-bond donors (Lipinski definition) is 1. The Bertz CT molecular complexity index is 639. The van der Waals surface area contributed by atoms with E-state index in [0.29, 0.717) is 24.6 Å². The number of aliphatic hydroxyl groups excluding tert-OH is 1. The molecule has 2 heterocycles. The average molecular weight is 301 g/mol. The standard InChI is InChI=1S/C16H19N3O3/c20-9-8-18(12-13-5-2-1-3-6-13)15(21)14-11-17-19-7-4-10-22-16(14)19/h1-3,5-6,11,20H,4,7-10,12H2. The van der Waals surface area contributed by atoms with Gasteiger partial charge in [0.15, 0.2) is 0 Å². The Morgan fingerprint density at radius 1 is 1.36 bits per heavy atom. The van der Waals surface area contributed by atoms with Gasteiger partial charge in [0, 0.05) is 26.1 Å². The Kier molecular flexibility index (Phi) is 4.39. The highest BCUT2D eigenvalue weighted by molar-refractivity contribution is 5.96. The number of amides is 1. The van der Waals surface area contributed by atoms with E-state index in [1.807, 2.05) is 30.3 Å². The highest BCUT2D eigenvalue weighted by Gasteiger charge is 2.25. The molecule has 0 saturated carbocycles. The number of rotatable bonds is 5. The van der Waals surface area contributed by atoms with Gasteiger partial charge in [0.25, 0.3) is 5.91 Å². The van der Waals surface area contributed by atoms with Crippen LogP contribution in [0.1, 0.15) is 22.3 Å². The Hall–Kier alpha value is -2.34. The first-order valence-corrected chi connectivity index (χ1v) is 7.42. The maximum absolute atomic E-state index is 12.8. The second-order valence-corrected chi connectivity index (χ2v) is 5.22. The lowest BCUT2D eigenvalue weighted by molar-refractivity contribution is 0.0701. The zero-order chi connectivity index (χ0) is 15.4. The van der Waals surface area contributed by atoms with Gasteiger partial charge in [-0.2, -0.15) is 5.10 Å². The van der Waals surface area contributed by atoms with Gasteiger partial charge < -0.3 is 14.7 Å². The number of carbonyl (C=O) groups excluding carboxylic acids is 1. The summed E-state index contributed by atoms with van der Waals surface area (Å²) in [5.41, 5.74) is 1.48. The van der Waals surface area contributed by atoms with Crippen molar-refractivity contribution in [2.75, 3.05) is 19.8 Å². The van der Waals surface area contributed by atoms with Crippen molar-refractivity contribution in [2.24, 2.45) is 0 Å². The van der Waals surface area contributed by atoms with E-state index in [0.717, 1.165) is 18.5 Å². The molecular formula is C16H19N3O3. The number of aryl methyl sites for hydroxylation is 1. The average Bonchev–Trinajstić information content (AvgIpc) is 2.99. The molecule has 0 spiro atoms. The summed E-state index contributed by atoms with van der Waals surface area (Å²) in [7, 11) is 0. The monoisotopic (exact) mass is 301 g/mol. The third kappa shape index (κ3) is 2.96. The van der Waals surface area contributed by atoms with Crippen LogP contribution in [-0.2, 0) is 13.1 Å². The fourth-order valence-electron chi connectivity index (χ4n) is 2.56. The molecule has 1 aliphatic rings. The molecule has 0 saturated heterocycles. The number of aliphatic hydroxyl groups is 1. The zero-order valence-corrected chi connectivity index (χ0v) is 12.3. The van der Waals surface area contributed by atoms with Crippen LogP contribution >= 0.6 is 0 Å². The fraction of sp³-hybridized carbons (Fsp3) is 0.375. The van der Waals surface area contributed by atoms with Crippen LogP contribution in [0.2, 0.25) is 0 Å². The van der Waals surface area contributed by atoms with E-state index in [1.54, 1.807) is 15.8 Å². The first kappa shape index (κ1) is 14.6. The minimum absolute atomic E-state index is 0.0805. The molecule has 0 radical (unpaired) electrons. The van der Waals surface area contributed by atoms with Crippen molar-refractivity contribution in [2.45, 2.75) is 19.5 Å². The van der Waals surface area contributed by atoms with Crippen molar-refractivity contribution in [3.63, 3.8) is 0 Å². The SMILES string of the molecule is O=C(c1cnn2c1OCCC2)N(CCO)Cc1ccccc1. The number of carbonyl (C=O) groups is 1. The van der Waals surface area contributed by atoms with Crippen LogP contribution in [0.25, 0.3) is 0 Å². The molecule has 1 aromatic carbocycles. The van der Waals surface area contributed by atoms with Gasteiger partial charge in [0.05, 0.1) is 19.4 Å². The summed E-state index contributed by atoms with van der Waals surface area (Å²) >= 11 is 0. The molecule has 1 aliphatic heterocycles. The molecule has 1 aromatic heterocycles. The van der Waals surface area contributed by atoms with Crippen molar-refractivity contribution in [1.29, 1.82) is 0 Å². The minimum Gasteiger partial charge on any atom is -0.477 e. The molecule has 0 aliphatic carbocycles. The van der Waals surface area contributed by atoms with Gasteiger partial charge in [-0.1, -0.05) is 30.3 Å². The molecule has 0 fully saturated rings. The van der Waals surface area contributed by atoms with Gasteiger partial charge in [0.1, 0.15) is 5.56 Å². The first-order chi connectivity index (χ1) is 10.8. The number of fused-ring (bicyclic) bond motifs is 1. The van der Waals surface area contributed by atoms with E-state index in [2.05, 4.69) is 5.10 Å². The van der Waals surface area contributed by atoms with Gasteiger partial charge in [-0.25, -0.2) is 4.68 Å². The lowest BCUT2D eigenvalue weighted by Crippen LogP contribution is -2.33. The molecule has 0 unspecified atom stereocenters. The number of ether oxygens (including phenoxy) is 1. The van der Waals surface area contributed by atoms with Crippen LogP contribution in [0.15, 0.2) is 36.5 Å². The predicted octanol–water partition coefficient (Wildman–Crippen LogP) is 1.30. The van der Waals surface area contributed by atoms with Crippen LogP contribution in [-0.4, -0.2) is 45.5 Å². The number of aromatic nitrogens is 2. The topological polar surface area (TPSA) is 67.6 Å². The third-order valence-electron chi connectivity index (χ3n) is 3.65. The van der Waals surface area contributed by atoms with Crippen molar-refractivity contribution in [3.8, 4) is 5.88 Å². The molecule has 2 aromatic rings. The maximum Gasteiger partial charge on any atom is 0.261 e. The molecule has 3 rings (SSSR count). The van der Waals surface area contributed by atoms with E-state index in [9.17, 15) is 9.90 Å². The highest BCUT2D eigenvalue weighted by Crippen LogP contribution is 2.24.